The fourth-order valence-corrected chi connectivity index (χ4v) is 17.3. The number of likely N-dealkylation sites (tertiary alicyclic amines) is 1. The number of fused-ring (bicyclic) bond motifs is 2. The van der Waals surface area contributed by atoms with Crippen molar-refractivity contribution < 1.29 is 102 Å². The molecule has 1 aromatic carbocycles. The van der Waals surface area contributed by atoms with E-state index in [1.807, 2.05) is 0 Å². The molecule has 2 saturated heterocycles. The van der Waals surface area contributed by atoms with Crippen molar-refractivity contribution in [2.75, 3.05) is 50.8 Å². The lowest BCUT2D eigenvalue weighted by Gasteiger charge is -2.30. The first kappa shape index (κ1) is 106. The van der Waals surface area contributed by atoms with Gasteiger partial charge in [0.15, 0.2) is 11.6 Å². The summed E-state index contributed by atoms with van der Waals surface area (Å²) in [4.78, 5) is 238. The predicted octanol–water partition coefficient (Wildman–Crippen LogP) is 3.95. The molecule has 0 aliphatic carbocycles. The molecule has 2 fully saturated rings. The van der Waals surface area contributed by atoms with Gasteiger partial charge in [0.25, 0.3) is 0 Å². The fourth-order valence-electron chi connectivity index (χ4n) is 15.2. The van der Waals surface area contributed by atoms with Gasteiger partial charge in [-0.15, -0.1) is 0 Å². The van der Waals surface area contributed by atoms with Gasteiger partial charge in [-0.2, -0.15) is 23.5 Å². The summed E-state index contributed by atoms with van der Waals surface area (Å²) in [5.41, 5.74) is 18.8. The summed E-state index contributed by atoms with van der Waals surface area (Å²) in [6.07, 6.45) is 14.0. The second-order valence-electron chi connectivity index (χ2n) is 32.7. The lowest BCUT2D eigenvalue weighted by Crippen LogP contribution is -2.59. The summed E-state index contributed by atoms with van der Waals surface area (Å²) >= 11 is 2.23. The maximum atomic E-state index is 15.2. The van der Waals surface area contributed by atoms with Crippen molar-refractivity contribution in [1.29, 1.82) is 0 Å². The van der Waals surface area contributed by atoms with E-state index in [-0.39, 0.29) is 113 Å². The molecule has 1 aromatic rings. The number of hydrogen-bond acceptors (Lipinski definition) is 22. The van der Waals surface area contributed by atoms with Crippen LogP contribution in [0.2, 0.25) is 0 Å². The molecule has 0 aromatic heterocycles. The number of aliphatic carboxylic acids is 3. The van der Waals surface area contributed by atoms with Crippen molar-refractivity contribution in [2.45, 2.75) is 324 Å². The number of rotatable bonds is 48. The molecule has 3 aliphatic rings. The number of amides is 12. The molecule has 122 heavy (non-hydrogen) atoms. The third kappa shape index (κ3) is 40.7. The number of nitrogens with two attached hydrogens (primary N) is 3. The Labute approximate surface area is 725 Å². The molecule has 0 bridgehead atoms. The van der Waals surface area contributed by atoms with E-state index in [0.29, 0.717) is 56.1 Å². The monoisotopic (exact) mass is 1750 g/mol. The SMILES string of the molecule is CCCCCCCCCCCCCCCCCC(=O)NCCC(=O)N[C@@H](CCCCN)C(=O)C[C@@H](CCCCN)C(=O)N[C@H]1CSCc2ccccc2CSC[C@@H](C(=O)N[C@@H](CC(C)C)C(=O)N2CCC[C@H]2C(N)=O)NC(=O)[C@H](CCC(=O)O)NC(=O)CNC(=O)[C@H]([C@@H](C)O)NC(=O)[C@H](CCC(=O)O)CC(=O)[C@@H]2CCCN2C(=O)[C@H](CC(=O)O)NC1=O. The van der Waals surface area contributed by atoms with Crippen LogP contribution < -0.4 is 65.1 Å². The zero-order valence-electron chi connectivity index (χ0n) is 71.8. The first-order chi connectivity index (χ1) is 58.3. The second kappa shape index (κ2) is 59.1. The normalized spacial score (nSPS) is 21.2. The van der Waals surface area contributed by atoms with Crippen LogP contribution in [-0.2, 0) is 93.0 Å². The number of carbonyl (C=O) groups excluding carboxylic acids is 14. The molecule has 19 N–H and O–H groups in total. The van der Waals surface area contributed by atoms with Crippen LogP contribution in [0.3, 0.4) is 0 Å². The Morgan fingerprint density at radius 2 is 1.19 bits per heavy atom. The lowest BCUT2D eigenvalue weighted by atomic mass is 9.90. The molecule has 35 nitrogen and oxygen atoms in total. The quantitative estimate of drug-likeness (QED) is 0.0411. The standard InChI is InChI=1S/C85H138N14O21S2/c1-5-6-7-8-9-10-11-12-13-14-15-16-17-18-19-34-70(103)89-42-39-71(104)91-60(31-23-25-41-87)68(101)46-56(28-22-24-40-86)78(113)95-64-52-121-50-58-29-20-21-30-59(58)51-122-53-65(82(117)93-62(45-54(2)3)84(119)99-44-27-33-67(99)77(88)112)96-80(115)61(36-38-74(108)109)92-72(105)49-90-83(118)76(55(4)100)97-79(114)57(35-37-73(106)107)47-69(102)66-32-26-43-98(66)85(120)63(48-75(110)111)94-81(64)116/h20-21,29-30,54-57,60-67,76,100H,5-19,22-28,31-53,86-87H2,1-4H3,(H2,88,112)(H,89,103)(H,90,118)(H,91,104)(H,92,105)(H,93,117)(H,94,116)(H,95,113)(H,96,115)(H,97,114)(H,106,107)(H,108,109)(H,110,111)/t55-,56-,57-,60+,61+,62+,63+,64+,65+,66+,67+,76+/m1/s1. The lowest BCUT2D eigenvalue weighted by molar-refractivity contribution is -0.146. The minimum Gasteiger partial charge on any atom is -0.481 e. The predicted molar refractivity (Wildman–Crippen MR) is 460 cm³/mol. The molecule has 3 heterocycles. The van der Waals surface area contributed by atoms with E-state index in [2.05, 4.69) is 54.8 Å². The molecule has 3 aliphatic heterocycles. The van der Waals surface area contributed by atoms with Gasteiger partial charge in [0.2, 0.25) is 70.9 Å². The first-order valence-electron chi connectivity index (χ1n) is 43.9. The number of aliphatic hydroxyl groups excluding tert-OH is 1. The van der Waals surface area contributed by atoms with Crippen molar-refractivity contribution in [2.24, 2.45) is 35.0 Å². The average molecular weight is 1760 g/mol. The Kier molecular flexibility index (Phi) is 51.1. The van der Waals surface area contributed by atoms with Gasteiger partial charge in [0.05, 0.1) is 31.2 Å². The number of unbranched alkanes of at least 4 members (excludes halogenated alkanes) is 16. The summed E-state index contributed by atoms with van der Waals surface area (Å²) in [6.45, 7) is 6.39. The van der Waals surface area contributed by atoms with Gasteiger partial charge in [-0.25, -0.2) is 0 Å². The maximum absolute atomic E-state index is 15.2. The highest BCUT2D eigenvalue weighted by atomic mass is 32.2. The fraction of sp³-hybridized carbons (Fsp3) is 0.729. The van der Waals surface area contributed by atoms with E-state index in [1.165, 1.54) is 75.5 Å². The van der Waals surface area contributed by atoms with Crippen molar-refractivity contribution in [3.05, 3.63) is 35.4 Å². The highest BCUT2D eigenvalue weighted by molar-refractivity contribution is 7.99. The van der Waals surface area contributed by atoms with Crippen LogP contribution >= 0.6 is 23.5 Å². The number of primary amides is 1. The van der Waals surface area contributed by atoms with Gasteiger partial charge in [-0.3, -0.25) is 81.5 Å². The van der Waals surface area contributed by atoms with Crippen LogP contribution in [0.4, 0.5) is 0 Å². The summed E-state index contributed by atoms with van der Waals surface area (Å²) in [7, 11) is 0. The van der Waals surface area contributed by atoms with E-state index in [1.54, 1.807) is 38.1 Å². The highest BCUT2D eigenvalue weighted by Gasteiger charge is 2.43. The maximum Gasteiger partial charge on any atom is 0.305 e. The van der Waals surface area contributed by atoms with Crippen LogP contribution in [-0.4, -0.2) is 242 Å². The minimum atomic E-state index is -1.92. The van der Waals surface area contributed by atoms with Gasteiger partial charge in [-0.1, -0.05) is 141 Å². The Morgan fingerprint density at radius 3 is 1.77 bits per heavy atom. The second-order valence-corrected chi connectivity index (χ2v) is 34.8. The number of carboxylic acids is 3. The minimum absolute atomic E-state index is 0.00360. The molecule has 12 amide bonds. The third-order valence-electron chi connectivity index (χ3n) is 22.0. The Morgan fingerprint density at radius 1 is 0.598 bits per heavy atom. The number of thioether (sulfide) groups is 2. The van der Waals surface area contributed by atoms with Crippen molar-refractivity contribution in [3.63, 3.8) is 0 Å². The van der Waals surface area contributed by atoms with Crippen LogP contribution in [0.15, 0.2) is 24.3 Å². The van der Waals surface area contributed by atoms with E-state index < -0.39 is 218 Å². The van der Waals surface area contributed by atoms with Gasteiger partial charge in [0.1, 0.15) is 42.3 Å². The number of ketones is 2. The van der Waals surface area contributed by atoms with Gasteiger partial charge < -0.3 is 95.3 Å². The van der Waals surface area contributed by atoms with E-state index >= 15 is 9.59 Å². The molecular formula is C85H138N14O21S2. The number of carbonyl (C=O) groups is 17. The molecule has 686 valence electrons. The zero-order chi connectivity index (χ0) is 90.1. The molecule has 0 saturated carbocycles. The number of carboxylic acid groups (broad SMARTS) is 3. The molecule has 0 radical (unpaired) electrons. The molecule has 37 heteroatoms. The van der Waals surface area contributed by atoms with Crippen molar-refractivity contribution in [1.82, 2.24) is 57.7 Å². The Hall–Kier alpha value is -8.81. The van der Waals surface area contributed by atoms with E-state index in [0.717, 1.165) is 54.6 Å². The summed E-state index contributed by atoms with van der Waals surface area (Å²) in [6, 6.07) is -6.52. The topological polar surface area (TPSA) is 564 Å². The van der Waals surface area contributed by atoms with Crippen LogP contribution in [0.5, 0.6) is 0 Å². The van der Waals surface area contributed by atoms with Crippen molar-refractivity contribution in [3.8, 4) is 0 Å². The largest absolute Gasteiger partial charge is 0.481 e. The summed E-state index contributed by atoms with van der Waals surface area (Å²) in [5, 5.41) is 64.1. The van der Waals surface area contributed by atoms with Crippen LogP contribution in [0.1, 0.15) is 264 Å². The number of hydrogen-bond donors (Lipinski definition) is 16. The molecule has 12 atom stereocenters. The zero-order valence-corrected chi connectivity index (χ0v) is 73.4. The Bertz CT molecular complexity index is 3580. The summed E-state index contributed by atoms with van der Waals surface area (Å²) in [5.74, 6) is -19.5. The first-order valence-corrected chi connectivity index (χ1v) is 46.2. The van der Waals surface area contributed by atoms with Crippen molar-refractivity contribution >= 4 is 124 Å². The highest BCUT2D eigenvalue weighted by Crippen LogP contribution is 2.28. The number of nitrogens with one attached hydrogen (secondary N) is 9. The Balaban J connectivity index is 1.73. The molecule has 0 spiro atoms. The van der Waals surface area contributed by atoms with Gasteiger partial charge in [-0.05, 0) is 121 Å². The summed E-state index contributed by atoms with van der Waals surface area (Å²) < 4.78 is 0. The van der Waals surface area contributed by atoms with Crippen LogP contribution in [0, 0.1) is 17.8 Å². The number of Topliss-reactive ketones (excluding diaryl/α,β-unsaturated/α-hetero) is 2. The molecule has 4 rings (SSSR count). The number of aliphatic hydroxyl groups is 1. The number of nitrogens with zero attached hydrogens (tertiary/aromatic N) is 2. The smallest absolute Gasteiger partial charge is 0.305 e. The van der Waals surface area contributed by atoms with E-state index in [9.17, 15) is 92.3 Å². The number of benzene rings is 1. The van der Waals surface area contributed by atoms with Gasteiger partial charge >= 0.3 is 17.9 Å². The van der Waals surface area contributed by atoms with Crippen LogP contribution in [0.25, 0.3) is 0 Å². The molecular weight excluding hydrogens is 1620 g/mol. The average Bonchev–Trinajstić information content (AvgIpc) is 1.60. The van der Waals surface area contributed by atoms with Gasteiger partial charge in [0, 0.05) is 93.0 Å². The van der Waals surface area contributed by atoms with E-state index in [4.69, 9.17) is 17.2 Å². The molecule has 0 unspecified atom stereocenters. The third-order valence-corrected chi connectivity index (χ3v) is 24.2.